The first kappa shape index (κ1) is 10.6. The molecule has 1 rings (SSSR count). The van der Waals surface area contributed by atoms with Crippen LogP contribution in [0.15, 0.2) is 24.3 Å². The minimum absolute atomic E-state index is 0.0866. The van der Waals surface area contributed by atoms with Crippen LogP contribution >= 0.6 is 19.8 Å². The van der Waals surface area contributed by atoms with Crippen LogP contribution in [0.25, 0.3) is 0 Å². The predicted molar refractivity (Wildman–Crippen MR) is 59.2 cm³/mol. The first-order valence-electron chi connectivity index (χ1n) is 4.07. The first-order valence-corrected chi connectivity index (χ1v) is 6.91. The summed E-state index contributed by atoms with van der Waals surface area (Å²) in [4.78, 5) is 0. The van der Waals surface area contributed by atoms with Crippen LogP contribution in [0.2, 0.25) is 0 Å². The maximum absolute atomic E-state index is 10.7. The molecule has 0 atom stereocenters. The van der Waals surface area contributed by atoms with Crippen molar-refractivity contribution in [1.29, 1.82) is 0 Å². The molecule has 13 heavy (non-hydrogen) atoms. The Bertz CT molecular complexity index is 348. The lowest BCUT2D eigenvalue weighted by Crippen LogP contribution is -2.10. The van der Waals surface area contributed by atoms with E-state index in [9.17, 15) is 6.14 Å². The summed E-state index contributed by atoms with van der Waals surface area (Å²) in [6, 6.07) is 7.14. The molecule has 0 fully saturated rings. The van der Waals surface area contributed by atoms with Crippen LogP contribution in [-0.4, -0.2) is 0 Å². The molecule has 0 aliphatic rings. The molecule has 0 saturated carbocycles. The van der Waals surface area contributed by atoms with E-state index in [0.29, 0.717) is 3.57 Å². The zero-order chi connectivity index (χ0) is 10.1. The average Bonchev–Trinajstić information content (AvgIpc) is 2.03. The maximum Gasteiger partial charge on any atom is 0.340 e. The van der Waals surface area contributed by atoms with Gasteiger partial charge in [0.15, 0.2) is 0 Å². The monoisotopic (exact) mass is 292 g/mol. The molecule has 1 aromatic rings. The molecule has 0 amide bonds. The topological polar surface area (TPSA) is 34.1 Å². The molecule has 0 saturated heterocycles. The van der Waals surface area contributed by atoms with Gasteiger partial charge in [0, 0.05) is 0 Å². The van der Waals surface area contributed by atoms with Gasteiger partial charge in [0.25, 0.3) is 0 Å². The summed E-state index contributed by atoms with van der Waals surface area (Å²) in [5.41, 5.74) is 1.25. The average molecular weight is 292 g/mol. The van der Waals surface area contributed by atoms with Crippen LogP contribution in [0.5, 0.6) is 0 Å². The standard InChI is InChI=1S/C10H13IO2/c1-10(2,3)8-4-6-9(7-5-8)11(12)13/h4-7H,1-3H3. The number of hydrogen-bond donors (Lipinski definition) is 0. The van der Waals surface area contributed by atoms with Crippen LogP contribution in [0.1, 0.15) is 26.3 Å². The lowest BCUT2D eigenvalue weighted by atomic mass is 9.87. The van der Waals surface area contributed by atoms with E-state index in [4.69, 9.17) is 0 Å². The lowest BCUT2D eigenvalue weighted by molar-refractivity contribution is 0.590. The van der Waals surface area contributed by atoms with Crippen molar-refractivity contribution in [1.82, 2.24) is 0 Å². The van der Waals surface area contributed by atoms with Crippen molar-refractivity contribution in [2.24, 2.45) is 0 Å². The van der Waals surface area contributed by atoms with E-state index in [-0.39, 0.29) is 5.41 Å². The minimum Gasteiger partial charge on any atom is -0.230 e. The third-order valence-electron chi connectivity index (χ3n) is 1.89. The van der Waals surface area contributed by atoms with E-state index in [1.807, 2.05) is 12.1 Å². The van der Waals surface area contributed by atoms with Gasteiger partial charge in [0.2, 0.25) is 0 Å². The van der Waals surface area contributed by atoms with Crippen LogP contribution < -0.4 is 0 Å². The fourth-order valence-electron chi connectivity index (χ4n) is 1.05. The van der Waals surface area contributed by atoms with E-state index in [0.717, 1.165) is 5.56 Å². The zero-order valence-electron chi connectivity index (χ0n) is 8.00. The molecule has 0 aliphatic carbocycles. The van der Waals surface area contributed by atoms with E-state index < -0.39 is 19.8 Å². The second kappa shape index (κ2) is 3.74. The Morgan fingerprint density at radius 2 is 1.46 bits per heavy atom. The van der Waals surface area contributed by atoms with Crippen LogP contribution in [0.3, 0.4) is 0 Å². The molecule has 0 bridgehead atoms. The highest BCUT2D eigenvalue weighted by Gasteiger charge is 2.13. The lowest BCUT2D eigenvalue weighted by Gasteiger charge is -2.18. The van der Waals surface area contributed by atoms with Gasteiger partial charge in [-0.2, -0.15) is 0 Å². The summed E-state index contributed by atoms with van der Waals surface area (Å²) in [5, 5.41) is 0. The number of halogens is 1. The second-order valence-electron chi connectivity index (χ2n) is 3.97. The van der Waals surface area contributed by atoms with Gasteiger partial charge < -0.3 is 0 Å². The van der Waals surface area contributed by atoms with Gasteiger partial charge in [0.05, 0.1) is 3.57 Å². The van der Waals surface area contributed by atoms with Gasteiger partial charge in [-0.3, -0.25) is 0 Å². The van der Waals surface area contributed by atoms with Gasteiger partial charge in [-0.05, 0) is 23.1 Å². The summed E-state index contributed by atoms with van der Waals surface area (Å²) < 4.78 is 21.9. The molecule has 0 N–H and O–H groups in total. The zero-order valence-corrected chi connectivity index (χ0v) is 10.2. The largest absolute Gasteiger partial charge is 0.340 e. The van der Waals surface area contributed by atoms with Crippen molar-refractivity contribution in [2.75, 3.05) is 0 Å². The van der Waals surface area contributed by atoms with Crippen LogP contribution in [0, 0.1) is 3.57 Å². The third-order valence-corrected chi connectivity index (χ3v) is 3.62. The molecule has 0 unspecified atom stereocenters. The smallest absolute Gasteiger partial charge is 0.230 e. The van der Waals surface area contributed by atoms with E-state index in [2.05, 4.69) is 20.8 Å². The molecule has 0 heterocycles. The summed E-state index contributed by atoms with van der Waals surface area (Å²) in [6.07, 6.45) is 0. The Labute approximate surface area is 85.5 Å². The highest BCUT2D eigenvalue weighted by Crippen LogP contribution is 2.24. The molecule has 0 spiro atoms. The van der Waals surface area contributed by atoms with Crippen LogP contribution in [0.4, 0.5) is 0 Å². The fraction of sp³-hybridized carbons (Fsp3) is 0.400. The van der Waals surface area contributed by atoms with Crippen LogP contribution in [-0.2, 0) is 11.6 Å². The highest BCUT2D eigenvalue weighted by molar-refractivity contribution is 14.2. The van der Waals surface area contributed by atoms with Gasteiger partial charge in [-0.1, -0.05) is 32.9 Å². The Kier molecular flexibility index (Phi) is 3.05. The van der Waals surface area contributed by atoms with Crippen molar-refractivity contribution < 1.29 is 6.14 Å². The Morgan fingerprint density at radius 3 is 1.77 bits per heavy atom. The summed E-state index contributed by atoms with van der Waals surface area (Å²) in [6.45, 7) is 6.31. The van der Waals surface area contributed by atoms with Crippen molar-refractivity contribution in [3.63, 3.8) is 0 Å². The Morgan fingerprint density at radius 1 is 1.00 bits per heavy atom. The van der Waals surface area contributed by atoms with Gasteiger partial charge in [0.1, 0.15) is 0 Å². The molecule has 72 valence electrons. The number of benzene rings is 1. The Balaban J connectivity index is 3.08. The van der Waals surface area contributed by atoms with Gasteiger partial charge >= 0.3 is 19.8 Å². The normalized spacial score (nSPS) is 12.0. The molecule has 0 aliphatic heterocycles. The van der Waals surface area contributed by atoms with Gasteiger partial charge in [-0.15, -0.1) is 0 Å². The molecule has 3 heteroatoms. The number of rotatable bonds is 1. The second-order valence-corrected chi connectivity index (χ2v) is 6.46. The summed E-state index contributed by atoms with van der Waals surface area (Å²) in [7, 11) is 0. The molecular formula is C10H13IO2. The van der Waals surface area contributed by atoms with Crippen molar-refractivity contribution in [3.05, 3.63) is 33.4 Å². The van der Waals surface area contributed by atoms with E-state index >= 15 is 0 Å². The van der Waals surface area contributed by atoms with Gasteiger partial charge in [-0.25, -0.2) is 6.14 Å². The van der Waals surface area contributed by atoms with Crippen molar-refractivity contribution in [2.45, 2.75) is 26.2 Å². The molecular weight excluding hydrogens is 279 g/mol. The maximum atomic E-state index is 10.7. The van der Waals surface area contributed by atoms with Crippen molar-refractivity contribution in [3.8, 4) is 0 Å². The summed E-state index contributed by atoms with van der Waals surface area (Å²) in [5.74, 6) is 0. The molecule has 2 nitrogen and oxygen atoms in total. The number of hydrogen-bond acceptors (Lipinski definition) is 2. The van der Waals surface area contributed by atoms with E-state index in [1.165, 1.54) is 0 Å². The van der Waals surface area contributed by atoms with Crippen molar-refractivity contribution >= 4 is 19.8 Å². The van der Waals surface area contributed by atoms with E-state index in [1.54, 1.807) is 12.1 Å². The summed E-state index contributed by atoms with van der Waals surface area (Å²) >= 11 is -3.26. The SMILES string of the molecule is CC(C)(C)c1ccc(I(=O)=O)cc1. The molecule has 1 aromatic carbocycles. The predicted octanol–water partition coefficient (Wildman–Crippen LogP) is 3.35. The molecule has 0 aromatic heterocycles. The quantitative estimate of drug-likeness (QED) is 0.744. The third kappa shape index (κ3) is 2.76. The molecule has 0 radical (unpaired) electrons. The fourth-order valence-corrected chi connectivity index (χ4v) is 2.00. The highest BCUT2D eigenvalue weighted by atomic mass is 127. The minimum atomic E-state index is -3.26. The Hall–Kier alpha value is -0.450. The first-order chi connectivity index (χ1) is 5.91.